The third-order valence-corrected chi connectivity index (χ3v) is 4.06. The van der Waals surface area contributed by atoms with Gasteiger partial charge in [-0.05, 0) is 36.5 Å². The summed E-state index contributed by atoms with van der Waals surface area (Å²) in [6.45, 7) is 7.03. The Balaban J connectivity index is 2.04. The summed E-state index contributed by atoms with van der Waals surface area (Å²) in [6.07, 6.45) is 3.87. The van der Waals surface area contributed by atoms with E-state index in [0.717, 1.165) is 18.8 Å². The van der Waals surface area contributed by atoms with Gasteiger partial charge in [-0.15, -0.1) is 0 Å². The summed E-state index contributed by atoms with van der Waals surface area (Å²) < 4.78 is 0. The van der Waals surface area contributed by atoms with E-state index in [1.54, 1.807) is 0 Å². The molecule has 1 fully saturated rings. The van der Waals surface area contributed by atoms with Gasteiger partial charge in [-0.25, -0.2) is 0 Å². The first-order chi connectivity index (χ1) is 7.63. The van der Waals surface area contributed by atoms with E-state index in [1.807, 2.05) is 12.1 Å². The van der Waals surface area contributed by atoms with Crippen LogP contribution in [0.1, 0.15) is 33.1 Å². The second kappa shape index (κ2) is 4.36. The van der Waals surface area contributed by atoms with Crippen molar-refractivity contribution in [1.29, 1.82) is 0 Å². The van der Waals surface area contributed by atoms with Gasteiger partial charge in [0.25, 0.3) is 0 Å². The number of anilines is 2. The summed E-state index contributed by atoms with van der Waals surface area (Å²) >= 11 is 0. The molecule has 0 atom stereocenters. The van der Waals surface area contributed by atoms with Gasteiger partial charge < -0.3 is 10.6 Å². The average molecular weight is 218 g/mol. The number of nitrogens with zero attached hydrogens (tertiary/aromatic N) is 1. The molecule has 2 rings (SSSR count). The lowest BCUT2D eigenvalue weighted by molar-refractivity contribution is 0.238. The van der Waals surface area contributed by atoms with E-state index >= 15 is 0 Å². The molecule has 0 aromatic heterocycles. The predicted molar refractivity (Wildman–Crippen MR) is 70.7 cm³/mol. The van der Waals surface area contributed by atoms with E-state index in [0.29, 0.717) is 5.41 Å². The minimum atomic E-state index is 0.552. The Morgan fingerprint density at radius 2 is 2.00 bits per heavy atom. The van der Waals surface area contributed by atoms with Crippen LogP contribution in [0, 0.1) is 5.41 Å². The van der Waals surface area contributed by atoms with E-state index in [4.69, 9.17) is 5.73 Å². The van der Waals surface area contributed by atoms with Crippen molar-refractivity contribution in [2.75, 3.05) is 23.7 Å². The second-order valence-corrected chi connectivity index (χ2v) is 5.25. The summed E-state index contributed by atoms with van der Waals surface area (Å²) in [5, 5.41) is 0. The molecule has 1 heterocycles. The molecule has 1 aliphatic heterocycles. The standard InChI is InChI=1S/C14H22N2/c1-3-14(2)7-9-16(10-8-14)13-6-4-5-12(15)11-13/h4-6,11H,3,7-10,15H2,1-2H3. The molecule has 0 radical (unpaired) electrons. The van der Waals surface area contributed by atoms with Crippen molar-refractivity contribution in [3.63, 3.8) is 0 Å². The largest absolute Gasteiger partial charge is 0.399 e. The highest BCUT2D eigenvalue weighted by atomic mass is 15.1. The molecular formula is C14H22N2. The Morgan fingerprint density at radius 1 is 1.31 bits per heavy atom. The minimum absolute atomic E-state index is 0.552. The molecule has 88 valence electrons. The van der Waals surface area contributed by atoms with E-state index in [9.17, 15) is 0 Å². The zero-order chi connectivity index (χ0) is 11.6. The number of nitrogen functional groups attached to an aromatic ring is 1. The van der Waals surface area contributed by atoms with Gasteiger partial charge in [0.1, 0.15) is 0 Å². The van der Waals surface area contributed by atoms with Crippen LogP contribution in [0.3, 0.4) is 0 Å². The van der Waals surface area contributed by atoms with Crippen LogP contribution < -0.4 is 10.6 Å². The van der Waals surface area contributed by atoms with Gasteiger partial charge in [0.15, 0.2) is 0 Å². The average Bonchev–Trinajstić information content (AvgIpc) is 2.30. The molecule has 0 aliphatic carbocycles. The smallest absolute Gasteiger partial charge is 0.0386 e. The van der Waals surface area contributed by atoms with Gasteiger partial charge in [-0.1, -0.05) is 26.3 Å². The summed E-state index contributed by atoms with van der Waals surface area (Å²) in [5.41, 5.74) is 8.51. The zero-order valence-corrected chi connectivity index (χ0v) is 10.4. The predicted octanol–water partition coefficient (Wildman–Crippen LogP) is 3.29. The van der Waals surface area contributed by atoms with Crippen molar-refractivity contribution in [3.05, 3.63) is 24.3 Å². The fourth-order valence-corrected chi connectivity index (χ4v) is 2.38. The number of piperidine rings is 1. The van der Waals surface area contributed by atoms with Crippen LogP contribution in [0.4, 0.5) is 11.4 Å². The van der Waals surface area contributed by atoms with Crippen LogP contribution in [-0.2, 0) is 0 Å². The SMILES string of the molecule is CCC1(C)CCN(c2cccc(N)c2)CC1. The summed E-state index contributed by atoms with van der Waals surface area (Å²) in [6, 6.07) is 8.22. The van der Waals surface area contributed by atoms with E-state index in [1.165, 1.54) is 24.9 Å². The Bertz CT molecular complexity index is 352. The molecule has 0 unspecified atom stereocenters. The number of benzene rings is 1. The maximum atomic E-state index is 5.82. The third-order valence-electron chi connectivity index (χ3n) is 4.06. The monoisotopic (exact) mass is 218 g/mol. The van der Waals surface area contributed by atoms with Gasteiger partial charge >= 0.3 is 0 Å². The first-order valence-electron chi connectivity index (χ1n) is 6.23. The van der Waals surface area contributed by atoms with Gasteiger partial charge in [0.05, 0.1) is 0 Å². The molecular weight excluding hydrogens is 196 g/mol. The summed E-state index contributed by atoms with van der Waals surface area (Å²) in [5.74, 6) is 0. The number of rotatable bonds is 2. The van der Waals surface area contributed by atoms with Crippen LogP contribution in [0.25, 0.3) is 0 Å². The Morgan fingerprint density at radius 3 is 2.56 bits per heavy atom. The van der Waals surface area contributed by atoms with Crippen LogP contribution >= 0.6 is 0 Å². The molecule has 2 nitrogen and oxygen atoms in total. The molecule has 1 aromatic rings. The van der Waals surface area contributed by atoms with Gasteiger partial charge in [-0.2, -0.15) is 0 Å². The highest BCUT2D eigenvalue weighted by Crippen LogP contribution is 2.35. The fourth-order valence-electron chi connectivity index (χ4n) is 2.38. The van der Waals surface area contributed by atoms with Crippen molar-refractivity contribution in [2.45, 2.75) is 33.1 Å². The molecule has 1 saturated heterocycles. The van der Waals surface area contributed by atoms with E-state index < -0.39 is 0 Å². The molecule has 0 bridgehead atoms. The molecule has 0 saturated carbocycles. The number of hydrogen-bond acceptors (Lipinski definition) is 2. The Hall–Kier alpha value is -1.18. The van der Waals surface area contributed by atoms with Crippen molar-refractivity contribution in [2.24, 2.45) is 5.41 Å². The van der Waals surface area contributed by atoms with Crippen molar-refractivity contribution < 1.29 is 0 Å². The van der Waals surface area contributed by atoms with Crippen molar-refractivity contribution in [1.82, 2.24) is 0 Å². The van der Waals surface area contributed by atoms with Crippen LogP contribution in [0.15, 0.2) is 24.3 Å². The summed E-state index contributed by atoms with van der Waals surface area (Å²) in [7, 11) is 0. The topological polar surface area (TPSA) is 29.3 Å². The second-order valence-electron chi connectivity index (χ2n) is 5.25. The van der Waals surface area contributed by atoms with Crippen LogP contribution in [0.5, 0.6) is 0 Å². The zero-order valence-electron chi connectivity index (χ0n) is 10.4. The quantitative estimate of drug-likeness (QED) is 0.772. The first-order valence-corrected chi connectivity index (χ1v) is 6.23. The molecule has 1 aromatic carbocycles. The fraction of sp³-hybridized carbons (Fsp3) is 0.571. The Kier molecular flexibility index (Phi) is 3.08. The van der Waals surface area contributed by atoms with Gasteiger partial charge in [0.2, 0.25) is 0 Å². The first kappa shape index (κ1) is 11.3. The lowest BCUT2D eigenvalue weighted by Gasteiger charge is -2.40. The molecule has 2 N–H and O–H groups in total. The highest BCUT2D eigenvalue weighted by Gasteiger charge is 2.28. The molecule has 0 amide bonds. The molecule has 0 spiro atoms. The van der Waals surface area contributed by atoms with E-state index in [-0.39, 0.29) is 0 Å². The van der Waals surface area contributed by atoms with Gasteiger partial charge in [-0.3, -0.25) is 0 Å². The van der Waals surface area contributed by atoms with Gasteiger partial charge in [0, 0.05) is 24.5 Å². The Labute approximate surface area is 98.4 Å². The third kappa shape index (κ3) is 2.31. The van der Waals surface area contributed by atoms with Crippen molar-refractivity contribution >= 4 is 11.4 Å². The molecule has 16 heavy (non-hydrogen) atoms. The summed E-state index contributed by atoms with van der Waals surface area (Å²) in [4.78, 5) is 2.45. The molecule has 2 heteroatoms. The number of hydrogen-bond donors (Lipinski definition) is 1. The molecule has 1 aliphatic rings. The number of nitrogens with two attached hydrogens (primary N) is 1. The minimum Gasteiger partial charge on any atom is -0.399 e. The van der Waals surface area contributed by atoms with E-state index in [2.05, 4.69) is 30.9 Å². The van der Waals surface area contributed by atoms with Crippen molar-refractivity contribution in [3.8, 4) is 0 Å². The lowest BCUT2D eigenvalue weighted by Crippen LogP contribution is -2.38. The normalized spacial score (nSPS) is 19.8. The highest BCUT2D eigenvalue weighted by molar-refractivity contribution is 5.56. The maximum absolute atomic E-state index is 5.82. The maximum Gasteiger partial charge on any atom is 0.0386 e. The lowest BCUT2D eigenvalue weighted by atomic mass is 9.78. The van der Waals surface area contributed by atoms with Crippen LogP contribution in [-0.4, -0.2) is 13.1 Å². The van der Waals surface area contributed by atoms with Crippen LogP contribution in [0.2, 0.25) is 0 Å².